The van der Waals surface area contributed by atoms with E-state index in [1.807, 2.05) is 12.1 Å². The number of nitrogens with one attached hydrogen (secondary N) is 1. The van der Waals surface area contributed by atoms with E-state index in [0.717, 1.165) is 36.5 Å². The number of carbonyl (C=O) groups is 1. The van der Waals surface area contributed by atoms with Crippen LogP contribution in [-0.2, 0) is 16.0 Å². The van der Waals surface area contributed by atoms with Crippen LogP contribution in [0.3, 0.4) is 0 Å². The van der Waals surface area contributed by atoms with E-state index in [0.29, 0.717) is 0 Å². The number of aromatic amines is 1. The fraction of sp³-hybridized carbons (Fsp3) is 0.278. The highest BCUT2D eigenvalue weighted by Gasteiger charge is 2.13. The third-order valence-corrected chi connectivity index (χ3v) is 4.04. The summed E-state index contributed by atoms with van der Waals surface area (Å²) in [6.45, 7) is 1.58. The van der Waals surface area contributed by atoms with Crippen molar-refractivity contribution < 1.29 is 14.3 Å². The van der Waals surface area contributed by atoms with E-state index in [1.54, 1.807) is 13.3 Å². The molecule has 2 aromatic rings. The van der Waals surface area contributed by atoms with Gasteiger partial charge >= 0.3 is 5.97 Å². The zero-order valence-corrected chi connectivity index (χ0v) is 13.3. The first-order valence-electron chi connectivity index (χ1n) is 7.56. The lowest BCUT2D eigenvalue weighted by Crippen LogP contribution is -2.22. The molecule has 2 heterocycles. The number of benzene rings is 1. The maximum atomic E-state index is 11.2. The van der Waals surface area contributed by atoms with Crippen LogP contribution in [0.2, 0.25) is 0 Å². The third-order valence-electron chi connectivity index (χ3n) is 4.04. The summed E-state index contributed by atoms with van der Waals surface area (Å²) in [6, 6.07) is 6.07. The van der Waals surface area contributed by atoms with Crippen molar-refractivity contribution in [2.45, 2.75) is 6.42 Å². The molecule has 1 aromatic heterocycles. The summed E-state index contributed by atoms with van der Waals surface area (Å²) in [6.07, 6.45) is 8.32. The molecular formula is C18H20N2O3. The SMILES string of the molecule is COC(=O)/C=C/N1C/C=C\c2[nH]c3ccc(OC)cc3c2CC1. The summed E-state index contributed by atoms with van der Waals surface area (Å²) in [5, 5.41) is 1.18. The van der Waals surface area contributed by atoms with E-state index in [4.69, 9.17) is 4.74 Å². The standard InChI is InChI=1S/C18H20N2O3/c1-22-13-5-6-17-15(12-13)14-7-10-20(11-8-18(21)23-2)9-3-4-16(14)19-17/h3-6,8,11-12,19H,7,9-10H2,1-2H3/b4-3-,11-8+. The molecule has 1 aliphatic rings. The molecule has 1 N–H and O–H groups in total. The highest BCUT2D eigenvalue weighted by atomic mass is 16.5. The number of hydrogen-bond donors (Lipinski definition) is 1. The van der Waals surface area contributed by atoms with Gasteiger partial charge in [-0.2, -0.15) is 0 Å². The normalized spacial score (nSPS) is 16.0. The minimum Gasteiger partial charge on any atom is -0.497 e. The zero-order valence-electron chi connectivity index (χ0n) is 13.3. The van der Waals surface area contributed by atoms with E-state index in [-0.39, 0.29) is 5.97 Å². The molecule has 120 valence electrons. The molecule has 23 heavy (non-hydrogen) atoms. The topological polar surface area (TPSA) is 54.6 Å². The third kappa shape index (κ3) is 3.23. The second kappa shape index (κ2) is 6.60. The minimum absolute atomic E-state index is 0.339. The molecule has 0 amide bonds. The highest BCUT2D eigenvalue weighted by Crippen LogP contribution is 2.28. The van der Waals surface area contributed by atoms with Gasteiger partial charge < -0.3 is 19.4 Å². The van der Waals surface area contributed by atoms with E-state index >= 15 is 0 Å². The van der Waals surface area contributed by atoms with Crippen molar-refractivity contribution in [3.05, 3.63) is 47.8 Å². The van der Waals surface area contributed by atoms with Crippen molar-refractivity contribution in [3.63, 3.8) is 0 Å². The number of carbonyl (C=O) groups excluding carboxylic acids is 1. The zero-order chi connectivity index (χ0) is 16.2. The molecule has 0 saturated carbocycles. The summed E-state index contributed by atoms with van der Waals surface area (Å²) in [7, 11) is 3.06. The van der Waals surface area contributed by atoms with Crippen molar-refractivity contribution in [2.75, 3.05) is 27.3 Å². The van der Waals surface area contributed by atoms with Gasteiger partial charge in [0.15, 0.2) is 0 Å². The summed E-state index contributed by atoms with van der Waals surface area (Å²) in [4.78, 5) is 16.8. The first-order valence-corrected chi connectivity index (χ1v) is 7.56. The highest BCUT2D eigenvalue weighted by molar-refractivity contribution is 5.88. The van der Waals surface area contributed by atoms with Crippen LogP contribution in [0.1, 0.15) is 11.3 Å². The Labute approximate surface area is 135 Å². The van der Waals surface area contributed by atoms with Crippen molar-refractivity contribution in [1.29, 1.82) is 0 Å². The average Bonchev–Trinajstić information content (AvgIpc) is 2.89. The Morgan fingerprint density at radius 3 is 3.00 bits per heavy atom. The van der Waals surface area contributed by atoms with Gasteiger partial charge in [-0.15, -0.1) is 0 Å². The van der Waals surface area contributed by atoms with Crippen LogP contribution in [-0.4, -0.2) is 43.2 Å². The number of nitrogens with zero attached hydrogens (tertiary/aromatic N) is 1. The van der Waals surface area contributed by atoms with Crippen LogP contribution in [0.25, 0.3) is 17.0 Å². The second-order valence-electron chi connectivity index (χ2n) is 5.41. The van der Waals surface area contributed by atoms with Crippen molar-refractivity contribution >= 4 is 22.9 Å². The number of aromatic nitrogens is 1. The van der Waals surface area contributed by atoms with Crippen LogP contribution in [0.4, 0.5) is 0 Å². The fourth-order valence-electron chi connectivity index (χ4n) is 2.81. The Morgan fingerprint density at radius 1 is 1.35 bits per heavy atom. The number of ether oxygens (including phenoxy) is 2. The molecule has 0 fully saturated rings. The van der Waals surface area contributed by atoms with Crippen molar-refractivity contribution in [2.24, 2.45) is 0 Å². The van der Waals surface area contributed by atoms with Crippen LogP contribution in [0, 0.1) is 0 Å². The summed E-state index contributed by atoms with van der Waals surface area (Å²) < 4.78 is 9.97. The Balaban J connectivity index is 1.88. The molecular weight excluding hydrogens is 292 g/mol. The Hall–Kier alpha value is -2.69. The lowest BCUT2D eigenvalue weighted by Gasteiger charge is -2.20. The molecule has 0 radical (unpaired) electrons. The Morgan fingerprint density at radius 2 is 2.22 bits per heavy atom. The Bertz CT molecular complexity index is 774. The lowest BCUT2D eigenvalue weighted by molar-refractivity contribution is -0.134. The molecule has 0 unspecified atom stereocenters. The predicted molar refractivity (Wildman–Crippen MR) is 90.3 cm³/mol. The number of H-pyrrole nitrogens is 1. The quantitative estimate of drug-likeness (QED) is 0.699. The molecule has 3 rings (SSSR count). The van der Waals surface area contributed by atoms with Crippen molar-refractivity contribution in [3.8, 4) is 5.75 Å². The van der Waals surface area contributed by atoms with Gasteiger partial charge in [0.05, 0.1) is 14.2 Å². The fourth-order valence-corrected chi connectivity index (χ4v) is 2.81. The molecule has 0 aliphatic carbocycles. The van der Waals surface area contributed by atoms with E-state index in [1.165, 1.54) is 24.1 Å². The number of rotatable bonds is 3. The molecule has 0 spiro atoms. The van der Waals surface area contributed by atoms with Crippen LogP contribution >= 0.6 is 0 Å². The smallest absolute Gasteiger partial charge is 0.331 e. The van der Waals surface area contributed by atoms with E-state index < -0.39 is 0 Å². The molecule has 5 heteroatoms. The van der Waals surface area contributed by atoms with Crippen molar-refractivity contribution in [1.82, 2.24) is 9.88 Å². The number of fused-ring (bicyclic) bond motifs is 3. The van der Waals surface area contributed by atoms with Gasteiger partial charge in [-0.3, -0.25) is 0 Å². The largest absolute Gasteiger partial charge is 0.497 e. The summed E-state index contributed by atoms with van der Waals surface area (Å²) in [5.41, 5.74) is 3.52. The van der Waals surface area contributed by atoms with Gasteiger partial charge in [0, 0.05) is 42.0 Å². The maximum Gasteiger partial charge on any atom is 0.331 e. The van der Waals surface area contributed by atoms with E-state index in [9.17, 15) is 4.79 Å². The number of methoxy groups -OCH3 is 2. The molecule has 0 saturated heterocycles. The van der Waals surface area contributed by atoms with Gasteiger partial charge in [-0.25, -0.2) is 4.79 Å². The summed E-state index contributed by atoms with van der Waals surface area (Å²) in [5.74, 6) is 0.515. The van der Waals surface area contributed by atoms with Crippen LogP contribution in [0.5, 0.6) is 5.75 Å². The van der Waals surface area contributed by atoms with Crippen LogP contribution < -0.4 is 4.74 Å². The lowest BCUT2D eigenvalue weighted by atomic mass is 10.1. The minimum atomic E-state index is -0.339. The van der Waals surface area contributed by atoms with Gasteiger partial charge in [-0.1, -0.05) is 6.08 Å². The van der Waals surface area contributed by atoms with Gasteiger partial charge in [0.1, 0.15) is 5.75 Å². The molecule has 1 aromatic carbocycles. The van der Waals surface area contributed by atoms with E-state index in [2.05, 4.69) is 32.8 Å². The number of esters is 1. The monoisotopic (exact) mass is 312 g/mol. The van der Waals surface area contributed by atoms with Gasteiger partial charge in [0.2, 0.25) is 0 Å². The Kier molecular flexibility index (Phi) is 4.37. The molecule has 0 atom stereocenters. The van der Waals surface area contributed by atoms with Gasteiger partial charge in [0.25, 0.3) is 0 Å². The van der Waals surface area contributed by atoms with Gasteiger partial charge in [-0.05, 0) is 36.3 Å². The first-order chi connectivity index (χ1) is 11.2. The van der Waals surface area contributed by atoms with Crippen LogP contribution in [0.15, 0.2) is 36.6 Å². The summed E-state index contributed by atoms with van der Waals surface area (Å²) >= 11 is 0. The second-order valence-corrected chi connectivity index (χ2v) is 5.41. The molecule has 0 bridgehead atoms. The molecule has 5 nitrogen and oxygen atoms in total. The molecule has 1 aliphatic heterocycles. The average molecular weight is 312 g/mol. The number of hydrogen-bond acceptors (Lipinski definition) is 4. The first kappa shape index (κ1) is 15.2. The maximum absolute atomic E-state index is 11.2. The predicted octanol–water partition coefficient (Wildman–Crippen LogP) is 2.73.